The van der Waals surface area contributed by atoms with Gasteiger partial charge in [-0.15, -0.1) is 0 Å². The van der Waals surface area contributed by atoms with E-state index in [4.69, 9.17) is 4.74 Å². The fourth-order valence-corrected chi connectivity index (χ4v) is 3.43. The molecular weight excluding hydrogens is 342 g/mol. The van der Waals surface area contributed by atoms with Crippen molar-refractivity contribution in [3.8, 4) is 0 Å². The predicted molar refractivity (Wildman–Crippen MR) is 107 cm³/mol. The summed E-state index contributed by atoms with van der Waals surface area (Å²) in [5.41, 5.74) is 0. The van der Waals surface area contributed by atoms with Crippen LogP contribution in [-0.4, -0.2) is 41.8 Å². The molecule has 1 rings (SSSR count). The van der Waals surface area contributed by atoms with Gasteiger partial charge < -0.3 is 9.64 Å². The monoisotopic (exact) mass is 379 g/mol. The van der Waals surface area contributed by atoms with Crippen LogP contribution in [0.25, 0.3) is 0 Å². The van der Waals surface area contributed by atoms with Crippen LogP contribution in [0.1, 0.15) is 85.0 Å². The number of esters is 1. The van der Waals surface area contributed by atoms with Gasteiger partial charge in [-0.3, -0.25) is 14.4 Å². The molecule has 5 nitrogen and oxygen atoms in total. The highest BCUT2D eigenvalue weighted by Crippen LogP contribution is 2.22. The zero-order valence-electron chi connectivity index (χ0n) is 17.4. The van der Waals surface area contributed by atoms with Gasteiger partial charge in [-0.25, -0.2) is 0 Å². The van der Waals surface area contributed by atoms with Gasteiger partial charge in [0.1, 0.15) is 0 Å². The molecule has 0 bridgehead atoms. The van der Waals surface area contributed by atoms with Gasteiger partial charge >= 0.3 is 5.97 Å². The Balaban J connectivity index is 2.35. The van der Waals surface area contributed by atoms with Gasteiger partial charge in [0.15, 0.2) is 5.78 Å². The molecule has 1 heterocycles. The lowest BCUT2D eigenvalue weighted by Crippen LogP contribution is -2.33. The molecule has 0 N–H and O–H groups in total. The third-order valence-electron chi connectivity index (χ3n) is 5.15. The first-order valence-corrected chi connectivity index (χ1v) is 10.6. The van der Waals surface area contributed by atoms with E-state index in [-0.39, 0.29) is 23.7 Å². The van der Waals surface area contributed by atoms with Crippen molar-refractivity contribution in [1.82, 2.24) is 4.90 Å². The van der Waals surface area contributed by atoms with E-state index in [1.807, 2.05) is 17.9 Å². The summed E-state index contributed by atoms with van der Waals surface area (Å²) in [6, 6.07) is 0.0550. The maximum atomic E-state index is 12.2. The molecule has 0 aromatic rings. The fraction of sp³-hybridized carbons (Fsp3) is 0.773. The Bertz CT molecular complexity index is 501. The van der Waals surface area contributed by atoms with Crippen molar-refractivity contribution in [3.63, 3.8) is 0 Å². The quantitative estimate of drug-likeness (QED) is 0.254. The minimum Gasteiger partial charge on any atom is -0.466 e. The van der Waals surface area contributed by atoms with Crippen LogP contribution in [0.2, 0.25) is 0 Å². The van der Waals surface area contributed by atoms with Crippen molar-refractivity contribution in [2.75, 3.05) is 13.2 Å². The summed E-state index contributed by atoms with van der Waals surface area (Å²) in [5, 5.41) is 0. The zero-order chi connectivity index (χ0) is 20.1. The van der Waals surface area contributed by atoms with Crippen molar-refractivity contribution in [3.05, 3.63) is 12.2 Å². The molecule has 2 atom stereocenters. The summed E-state index contributed by atoms with van der Waals surface area (Å²) in [4.78, 5) is 37.4. The Hall–Kier alpha value is -1.65. The molecule has 2 unspecified atom stereocenters. The van der Waals surface area contributed by atoms with Gasteiger partial charge in [-0.2, -0.15) is 0 Å². The second-order valence-corrected chi connectivity index (χ2v) is 7.57. The average Bonchev–Trinajstić information content (AvgIpc) is 2.98. The van der Waals surface area contributed by atoms with Crippen molar-refractivity contribution in [2.45, 2.75) is 91.0 Å². The Morgan fingerprint density at radius 1 is 1.19 bits per heavy atom. The van der Waals surface area contributed by atoms with E-state index >= 15 is 0 Å². The highest BCUT2D eigenvalue weighted by molar-refractivity contribution is 5.90. The molecule has 1 fully saturated rings. The molecule has 0 radical (unpaired) electrons. The van der Waals surface area contributed by atoms with Crippen LogP contribution in [0.5, 0.6) is 0 Å². The number of amides is 1. The summed E-state index contributed by atoms with van der Waals surface area (Å²) in [5.74, 6) is 0.665. The SMILES string of the molecule is CCCCCC(=O)/C=C/C1CCC(=O)N1CCC(C)CCCC(=O)OCC. The predicted octanol–water partition coefficient (Wildman–Crippen LogP) is 4.44. The maximum absolute atomic E-state index is 12.2. The van der Waals surface area contributed by atoms with Gasteiger partial charge in [0.25, 0.3) is 0 Å². The lowest BCUT2D eigenvalue weighted by atomic mass is 10.00. The lowest BCUT2D eigenvalue weighted by Gasteiger charge is -2.24. The summed E-state index contributed by atoms with van der Waals surface area (Å²) >= 11 is 0. The Labute approximate surface area is 164 Å². The van der Waals surface area contributed by atoms with E-state index in [0.29, 0.717) is 31.8 Å². The number of carbonyl (C=O) groups is 3. The Kier molecular flexibility index (Phi) is 11.7. The van der Waals surface area contributed by atoms with Crippen molar-refractivity contribution in [2.24, 2.45) is 5.92 Å². The Morgan fingerprint density at radius 3 is 2.67 bits per heavy atom. The first kappa shape index (κ1) is 23.4. The topological polar surface area (TPSA) is 63.7 Å². The third-order valence-corrected chi connectivity index (χ3v) is 5.15. The molecule has 0 saturated carbocycles. The second-order valence-electron chi connectivity index (χ2n) is 7.57. The number of ether oxygens (including phenoxy) is 1. The molecule has 0 aromatic heterocycles. The smallest absolute Gasteiger partial charge is 0.305 e. The van der Waals surface area contributed by atoms with Crippen molar-refractivity contribution >= 4 is 17.7 Å². The molecular formula is C22H37NO4. The number of likely N-dealkylation sites (tertiary alicyclic amines) is 1. The van der Waals surface area contributed by atoms with Crippen LogP contribution in [-0.2, 0) is 19.1 Å². The minimum atomic E-state index is -0.131. The number of nitrogens with zero attached hydrogens (tertiary/aromatic N) is 1. The van der Waals surface area contributed by atoms with Gasteiger partial charge in [0.2, 0.25) is 5.91 Å². The second kappa shape index (κ2) is 13.5. The molecule has 0 aliphatic carbocycles. The molecule has 0 aromatic carbocycles. The van der Waals surface area contributed by atoms with Crippen LogP contribution in [0.3, 0.4) is 0 Å². The van der Waals surface area contributed by atoms with Crippen molar-refractivity contribution < 1.29 is 19.1 Å². The first-order valence-electron chi connectivity index (χ1n) is 10.6. The minimum absolute atomic E-state index is 0.0550. The van der Waals surface area contributed by atoms with E-state index in [0.717, 1.165) is 51.5 Å². The molecule has 1 amide bonds. The standard InChI is InChI=1S/C22H37NO4/c1-4-6-7-10-20(24)14-12-19-13-15-21(25)23(19)17-16-18(3)9-8-11-22(26)27-5-2/h12,14,18-19H,4-11,13,15-17H2,1-3H3/b14-12+. The summed E-state index contributed by atoms with van der Waals surface area (Å²) < 4.78 is 4.94. The van der Waals surface area contributed by atoms with Crippen molar-refractivity contribution in [1.29, 1.82) is 0 Å². The number of hydrogen-bond acceptors (Lipinski definition) is 4. The van der Waals surface area contributed by atoms with Crippen LogP contribution in [0.15, 0.2) is 12.2 Å². The van der Waals surface area contributed by atoms with E-state index in [1.165, 1.54) is 0 Å². The van der Waals surface area contributed by atoms with Crippen LogP contribution < -0.4 is 0 Å². The van der Waals surface area contributed by atoms with Crippen LogP contribution in [0.4, 0.5) is 0 Å². The normalized spacial score (nSPS) is 18.3. The molecule has 1 saturated heterocycles. The average molecular weight is 380 g/mol. The summed E-state index contributed by atoms with van der Waals surface area (Å²) in [7, 11) is 0. The van der Waals surface area contributed by atoms with E-state index in [2.05, 4.69) is 13.8 Å². The van der Waals surface area contributed by atoms with Gasteiger partial charge in [0.05, 0.1) is 12.6 Å². The summed E-state index contributed by atoms with van der Waals surface area (Å²) in [6.45, 7) is 7.26. The highest BCUT2D eigenvalue weighted by Gasteiger charge is 2.29. The number of allylic oxidation sites excluding steroid dienone is 1. The fourth-order valence-electron chi connectivity index (χ4n) is 3.43. The number of hydrogen-bond donors (Lipinski definition) is 0. The van der Waals surface area contributed by atoms with Gasteiger partial charge in [0, 0.05) is 25.8 Å². The number of carbonyl (C=O) groups excluding carboxylic acids is 3. The van der Waals surface area contributed by atoms with Gasteiger partial charge in [-0.1, -0.05) is 39.2 Å². The van der Waals surface area contributed by atoms with Gasteiger partial charge in [-0.05, 0) is 44.6 Å². The molecule has 1 aliphatic rings. The Morgan fingerprint density at radius 2 is 1.96 bits per heavy atom. The lowest BCUT2D eigenvalue weighted by molar-refractivity contribution is -0.143. The maximum Gasteiger partial charge on any atom is 0.305 e. The van der Waals surface area contributed by atoms with E-state index < -0.39 is 0 Å². The number of ketones is 1. The van der Waals surface area contributed by atoms with E-state index in [1.54, 1.807) is 6.08 Å². The molecule has 154 valence electrons. The van der Waals surface area contributed by atoms with E-state index in [9.17, 15) is 14.4 Å². The van der Waals surface area contributed by atoms with Crippen LogP contribution in [0, 0.1) is 5.92 Å². The van der Waals surface area contributed by atoms with Crippen LogP contribution >= 0.6 is 0 Å². The number of unbranched alkanes of at least 4 members (excludes halogenated alkanes) is 2. The third kappa shape index (κ3) is 9.73. The first-order chi connectivity index (χ1) is 13.0. The molecule has 5 heteroatoms. The molecule has 27 heavy (non-hydrogen) atoms. The molecule has 0 spiro atoms. The molecule has 1 aliphatic heterocycles. The largest absolute Gasteiger partial charge is 0.466 e. The zero-order valence-corrected chi connectivity index (χ0v) is 17.4. The highest BCUT2D eigenvalue weighted by atomic mass is 16.5. The summed E-state index contributed by atoms with van der Waals surface area (Å²) in [6.07, 6.45) is 11.9. The number of rotatable bonds is 14.